The van der Waals surface area contributed by atoms with Crippen LogP contribution < -0.4 is 0 Å². The van der Waals surface area contributed by atoms with Crippen molar-refractivity contribution in [1.29, 1.82) is 0 Å². The molecule has 3 rings (SSSR count). The minimum Gasteiger partial charge on any atom is -0.462 e. The lowest BCUT2D eigenvalue weighted by Crippen LogP contribution is -2.35. The Morgan fingerprint density at radius 1 is 0.536 bits per heavy atom. The molecule has 3 aliphatic carbocycles. The first-order chi connectivity index (χ1) is 13.3. The summed E-state index contributed by atoms with van der Waals surface area (Å²) in [7, 11) is 0. The fourth-order valence-electron chi connectivity index (χ4n) is 5.31. The number of esters is 2. The van der Waals surface area contributed by atoms with Gasteiger partial charge in [0.25, 0.3) is 0 Å². The van der Waals surface area contributed by atoms with Crippen molar-refractivity contribution < 1.29 is 19.1 Å². The van der Waals surface area contributed by atoms with Crippen molar-refractivity contribution in [3.63, 3.8) is 0 Å². The Bertz CT molecular complexity index is 489. The van der Waals surface area contributed by atoms with E-state index in [0.29, 0.717) is 23.7 Å². The van der Waals surface area contributed by atoms with Gasteiger partial charge in [-0.15, -0.1) is 0 Å². The van der Waals surface area contributed by atoms with Crippen molar-refractivity contribution in [2.24, 2.45) is 35.5 Å². The summed E-state index contributed by atoms with van der Waals surface area (Å²) in [6.07, 6.45) is 9.41. The summed E-state index contributed by atoms with van der Waals surface area (Å²) in [4.78, 5) is 25.1. The molecule has 3 fully saturated rings. The van der Waals surface area contributed by atoms with E-state index in [1.54, 1.807) is 0 Å². The molecule has 0 spiro atoms. The van der Waals surface area contributed by atoms with Crippen LogP contribution in [0.15, 0.2) is 0 Å². The van der Waals surface area contributed by atoms with E-state index in [-0.39, 0.29) is 36.0 Å². The van der Waals surface area contributed by atoms with Crippen molar-refractivity contribution in [3.05, 3.63) is 0 Å². The fourth-order valence-corrected chi connectivity index (χ4v) is 5.31. The third kappa shape index (κ3) is 5.51. The molecule has 28 heavy (non-hydrogen) atoms. The molecule has 0 aromatic carbocycles. The highest BCUT2D eigenvalue weighted by molar-refractivity contribution is 5.73. The van der Waals surface area contributed by atoms with Gasteiger partial charge in [-0.25, -0.2) is 0 Å². The highest BCUT2D eigenvalue weighted by Gasteiger charge is 2.35. The lowest BCUT2D eigenvalue weighted by molar-refractivity contribution is -0.165. The van der Waals surface area contributed by atoms with E-state index in [9.17, 15) is 9.59 Å². The Labute approximate surface area is 171 Å². The summed E-state index contributed by atoms with van der Waals surface area (Å²) in [6.45, 7) is 9.06. The third-order valence-electron chi connectivity index (χ3n) is 8.05. The second-order valence-corrected chi connectivity index (χ2v) is 10.2. The zero-order chi connectivity index (χ0) is 20.3. The predicted octanol–water partition coefficient (Wildman–Crippen LogP) is 5.53. The lowest BCUT2D eigenvalue weighted by atomic mass is 9.76. The predicted molar refractivity (Wildman–Crippen MR) is 110 cm³/mol. The normalized spacial score (nSPS) is 41.9. The van der Waals surface area contributed by atoms with Gasteiger partial charge in [0.15, 0.2) is 0 Å². The van der Waals surface area contributed by atoms with Crippen LogP contribution in [0.5, 0.6) is 0 Å². The molecule has 0 aromatic rings. The second kappa shape index (κ2) is 9.63. The summed E-state index contributed by atoms with van der Waals surface area (Å²) >= 11 is 0. The lowest BCUT2D eigenvalue weighted by Gasteiger charge is -2.34. The van der Waals surface area contributed by atoms with Gasteiger partial charge in [-0.3, -0.25) is 9.59 Å². The van der Waals surface area contributed by atoms with E-state index < -0.39 is 0 Å². The molecule has 0 saturated heterocycles. The summed E-state index contributed by atoms with van der Waals surface area (Å²) < 4.78 is 11.7. The van der Waals surface area contributed by atoms with Crippen molar-refractivity contribution >= 4 is 11.9 Å². The van der Waals surface area contributed by atoms with Crippen LogP contribution in [0.4, 0.5) is 0 Å². The minimum atomic E-state index is 0.00417. The minimum absolute atomic E-state index is 0.00417. The van der Waals surface area contributed by atoms with Gasteiger partial charge >= 0.3 is 11.9 Å². The molecule has 6 atom stereocenters. The van der Waals surface area contributed by atoms with Crippen LogP contribution in [0.2, 0.25) is 0 Å². The first kappa shape index (κ1) is 21.6. The molecule has 0 radical (unpaired) electrons. The molecule has 3 aliphatic rings. The number of ether oxygens (including phenoxy) is 2. The quantitative estimate of drug-likeness (QED) is 0.590. The van der Waals surface area contributed by atoms with Crippen LogP contribution in [0.3, 0.4) is 0 Å². The first-order valence-electron chi connectivity index (χ1n) is 11.7. The fraction of sp³-hybridized carbons (Fsp3) is 0.917. The zero-order valence-electron chi connectivity index (χ0n) is 18.3. The van der Waals surface area contributed by atoms with Crippen molar-refractivity contribution in [1.82, 2.24) is 0 Å². The Hall–Kier alpha value is -1.06. The molecule has 3 saturated carbocycles. The second-order valence-electron chi connectivity index (χ2n) is 10.2. The van der Waals surface area contributed by atoms with Gasteiger partial charge in [-0.2, -0.15) is 0 Å². The van der Waals surface area contributed by atoms with Crippen LogP contribution in [0.1, 0.15) is 91.9 Å². The molecule has 0 N–H and O–H groups in total. The summed E-state index contributed by atoms with van der Waals surface area (Å²) in [5.74, 6) is 2.80. The first-order valence-corrected chi connectivity index (χ1v) is 11.7. The van der Waals surface area contributed by atoms with Gasteiger partial charge in [0.2, 0.25) is 0 Å². The van der Waals surface area contributed by atoms with E-state index in [1.807, 2.05) is 0 Å². The molecular weight excluding hydrogens is 352 g/mol. The molecule has 160 valence electrons. The van der Waals surface area contributed by atoms with E-state index in [1.165, 1.54) is 0 Å². The van der Waals surface area contributed by atoms with Gasteiger partial charge in [-0.05, 0) is 87.9 Å². The van der Waals surface area contributed by atoms with Crippen molar-refractivity contribution in [2.75, 3.05) is 0 Å². The molecule has 4 nitrogen and oxygen atoms in total. The number of carbonyl (C=O) groups is 2. The summed E-state index contributed by atoms with van der Waals surface area (Å²) in [5.41, 5.74) is 0. The van der Waals surface area contributed by atoms with Crippen LogP contribution in [-0.4, -0.2) is 24.1 Å². The highest BCUT2D eigenvalue weighted by atomic mass is 16.6. The van der Waals surface area contributed by atoms with Gasteiger partial charge in [0.05, 0.1) is 11.8 Å². The number of carbonyl (C=O) groups excluding carboxylic acids is 2. The van der Waals surface area contributed by atoms with E-state index >= 15 is 0 Å². The van der Waals surface area contributed by atoms with Gasteiger partial charge in [0, 0.05) is 0 Å². The Balaban J connectivity index is 1.37. The standard InChI is InChI=1S/C24H40O4/c1-15-5-7-19(13-17(15)3)23(25)27-21-9-11-22(12-10-21)28-24(26)20-8-6-16(2)18(4)14-20/h15-22H,5-14H2,1-4H3. The smallest absolute Gasteiger partial charge is 0.309 e. The van der Waals surface area contributed by atoms with Crippen LogP contribution >= 0.6 is 0 Å². The van der Waals surface area contributed by atoms with E-state index in [2.05, 4.69) is 27.7 Å². The highest BCUT2D eigenvalue weighted by Crippen LogP contribution is 2.36. The molecule has 0 aromatic heterocycles. The monoisotopic (exact) mass is 392 g/mol. The zero-order valence-corrected chi connectivity index (χ0v) is 18.3. The van der Waals surface area contributed by atoms with Crippen LogP contribution in [-0.2, 0) is 19.1 Å². The topological polar surface area (TPSA) is 52.6 Å². The molecule has 0 heterocycles. The maximum atomic E-state index is 12.5. The molecule has 0 aliphatic heterocycles. The summed E-state index contributed by atoms with van der Waals surface area (Å²) in [6, 6.07) is 0. The molecular formula is C24H40O4. The largest absolute Gasteiger partial charge is 0.462 e. The van der Waals surface area contributed by atoms with E-state index in [0.717, 1.165) is 64.2 Å². The average Bonchev–Trinajstić information content (AvgIpc) is 2.67. The molecule has 0 amide bonds. The third-order valence-corrected chi connectivity index (χ3v) is 8.05. The van der Waals surface area contributed by atoms with Crippen LogP contribution in [0, 0.1) is 35.5 Å². The van der Waals surface area contributed by atoms with Crippen molar-refractivity contribution in [3.8, 4) is 0 Å². The average molecular weight is 393 g/mol. The molecule has 4 heteroatoms. The maximum absolute atomic E-state index is 12.5. The van der Waals surface area contributed by atoms with Gasteiger partial charge in [0.1, 0.15) is 12.2 Å². The number of hydrogen-bond donors (Lipinski definition) is 0. The molecule has 6 unspecified atom stereocenters. The van der Waals surface area contributed by atoms with Crippen molar-refractivity contribution in [2.45, 2.75) is 104 Å². The maximum Gasteiger partial charge on any atom is 0.309 e. The Morgan fingerprint density at radius 3 is 1.21 bits per heavy atom. The Kier molecular flexibility index (Phi) is 7.44. The Morgan fingerprint density at radius 2 is 0.893 bits per heavy atom. The van der Waals surface area contributed by atoms with Gasteiger partial charge < -0.3 is 9.47 Å². The number of hydrogen-bond acceptors (Lipinski definition) is 4. The van der Waals surface area contributed by atoms with Crippen LogP contribution in [0.25, 0.3) is 0 Å². The van der Waals surface area contributed by atoms with E-state index in [4.69, 9.17) is 9.47 Å². The molecule has 0 bridgehead atoms. The summed E-state index contributed by atoms with van der Waals surface area (Å²) in [5, 5.41) is 0. The van der Waals surface area contributed by atoms with Gasteiger partial charge in [-0.1, -0.05) is 27.7 Å². The SMILES string of the molecule is CC1CCC(C(=O)OC2CCC(OC(=O)C3CCC(C)C(C)C3)CC2)CC1C. The number of rotatable bonds is 4.